The molecule has 0 amide bonds. The summed E-state index contributed by atoms with van der Waals surface area (Å²) in [4.78, 5) is 0. The second kappa shape index (κ2) is 5.14. The lowest BCUT2D eigenvalue weighted by atomic mass is 10.0. The summed E-state index contributed by atoms with van der Waals surface area (Å²) in [6.45, 7) is 9.61. The summed E-state index contributed by atoms with van der Waals surface area (Å²) >= 11 is 0. The monoisotopic (exact) mass is 210 g/mol. The Bertz CT molecular complexity index is 300. The molecule has 86 valence electrons. The van der Waals surface area contributed by atoms with E-state index in [1.54, 1.807) is 0 Å². The van der Waals surface area contributed by atoms with Gasteiger partial charge in [-0.15, -0.1) is 5.10 Å². The van der Waals surface area contributed by atoms with Crippen LogP contribution in [-0.4, -0.2) is 15.0 Å². The van der Waals surface area contributed by atoms with Crippen LogP contribution in [0, 0.1) is 5.92 Å². The van der Waals surface area contributed by atoms with Crippen LogP contribution in [0.15, 0.2) is 0 Å². The molecule has 0 saturated carbocycles. The molecule has 0 aromatic carbocycles. The molecular formula is C11H22N4. The Hall–Kier alpha value is -1.06. The predicted molar refractivity (Wildman–Crippen MR) is 62.6 cm³/mol. The molecule has 1 aromatic heterocycles. The highest BCUT2D eigenvalue weighted by molar-refractivity contribution is 5.35. The van der Waals surface area contributed by atoms with Gasteiger partial charge in [0.25, 0.3) is 0 Å². The Morgan fingerprint density at radius 1 is 1.27 bits per heavy atom. The fraction of sp³-hybridized carbons (Fsp3) is 0.818. The summed E-state index contributed by atoms with van der Waals surface area (Å²) in [6, 6.07) is 0. The first-order valence-electron chi connectivity index (χ1n) is 5.78. The van der Waals surface area contributed by atoms with E-state index in [2.05, 4.69) is 38.0 Å². The highest BCUT2D eigenvalue weighted by Gasteiger charge is 2.15. The molecule has 2 N–H and O–H groups in total. The number of anilines is 1. The van der Waals surface area contributed by atoms with Crippen LogP contribution in [0.5, 0.6) is 0 Å². The van der Waals surface area contributed by atoms with Crippen LogP contribution in [0.4, 0.5) is 5.82 Å². The first kappa shape index (κ1) is 12.0. The average Bonchev–Trinajstić information content (AvgIpc) is 2.56. The summed E-state index contributed by atoms with van der Waals surface area (Å²) < 4.78 is 1.97. The van der Waals surface area contributed by atoms with Crippen LogP contribution in [0.1, 0.15) is 52.1 Å². The fourth-order valence-electron chi connectivity index (χ4n) is 1.85. The molecule has 0 aliphatic heterocycles. The van der Waals surface area contributed by atoms with E-state index in [9.17, 15) is 0 Å². The summed E-state index contributed by atoms with van der Waals surface area (Å²) in [5.41, 5.74) is 6.88. The van der Waals surface area contributed by atoms with Gasteiger partial charge < -0.3 is 5.73 Å². The molecule has 1 heterocycles. The van der Waals surface area contributed by atoms with Crippen molar-refractivity contribution in [2.24, 2.45) is 5.92 Å². The van der Waals surface area contributed by atoms with E-state index in [-0.39, 0.29) is 0 Å². The van der Waals surface area contributed by atoms with Crippen molar-refractivity contribution in [1.29, 1.82) is 0 Å². The van der Waals surface area contributed by atoms with Crippen LogP contribution in [0.25, 0.3) is 0 Å². The lowest BCUT2D eigenvalue weighted by Gasteiger charge is -2.15. The highest BCUT2D eigenvalue weighted by Crippen LogP contribution is 2.21. The number of nitrogens with zero attached hydrogens (tertiary/aromatic N) is 3. The number of aromatic nitrogens is 3. The maximum Gasteiger partial charge on any atom is 0.169 e. The Labute approximate surface area is 91.9 Å². The van der Waals surface area contributed by atoms with Gasteiger partial charge in [0, 0.05) is 6.54 Å². The standard InChI is InChI=1S/C11H22N4/c1-5-9(6-2)7-15-10(8(3)4)11(12)13-14-15/h8-9H,5-7,12H2,1-4H3. The third kappa shape index (κ3) is 2.70. The van der Waals surface area contributed by atoms with Gasteiger partial charge in [0.2, 0.25) is 0 Å². The van der Waals surface area contributed by atoms with Gasteiger partial charge >= 0.3 is 0 Å². The Morgan fingerprint density at radius 3 is 2.33 bits per heavy atom. The van der Waals surface area contributed by atoms with Crippen LogP contribution >= 0.6 is 0 Å². The van der Waals surface area contributed by atoms with E-state index in [4.69, 9.17) is 5.73 Å². The molecule has 0 aliphatic rings. The topological polar surface area (TPSA) is 56.7 Å². The van der Waals surface area contributed by atoms with E-state index in [1.807, 2.05) is 4.68 Å². The third-order valence-corrected chi connectivity index (χ3v) is 2.93. The van der Waals surface area contributed by atoms with Crippen molar-refractivity contribution in [3.8, 4) is 0 Å². The van der Waals surface area contributed by atoms with Gasteiger partial charge in [-0.1, -0.05) is 45.7 Å². The molecule has 15 heavy (non-hydrogen) atoms. The summed E-state index contributed by atoms with van der Waals surface area (Å²) in [7, 11) is 0. The molecule has 0 spiro atoms. The normalized spacial score (nSPS) is 11.6. The molecule has 0 atom stereocenters. The number of hydrogen-bond acceptors (Lipinski definition) is 3. The van der Waals surface area contributed by atoms with E-state index in [1.165, 1.54) is 12.8 Å². The van der Waals surface area contributed by atoms with Crippen molar-refractivity contribution in [2.45, 2.75) is 53.0 Å². The zero-order valence-corrected chi connectivity index (χ0v) is 10.2. The average molecular weight is 210 g/mol. The predicted octanol–water partition coefficient (Wildman–Crippen LogP) is 2.42. The van der Waals surface area contributed by atoms with Gasteiger partial charge in [-0.3, -0.25) is 0 Å². The van der Waals surface area contributed by atoms with Gasteiger partial charge in [-0.05, 0) is 11.8 Å². The summed E-state index contributed by atoms with van der Waals surface area (Å²) in [6.07, 6.45) is 2.35. The molecule has 0 unspecified atom stereocenters. The maximum absolute atomic E-state index is 5.81. The minimum atomic E-state index is 0.384. The highest BCUT2D eigenvalue weighted by atomic mass is 15.4. The number of nitrogen functional groups attached to an aromatic ring is 1. The second-order valence-electron chi connectivity index (χ2n) is 4.38. The molecule has 0 radical (unpaired) electrons. The Kier molecular flexibility index (Phi) is 4.12. The quantitative estimate of drug-likeness (QED) is 0.812. The number of hydrogen-bond donors (Lipinski definition) is 1. The maximum atomic E-state index is 5.81. The third-order valence-electron chi connectivity index (χ3n) is 2.93. The minimum absolute atomic E-state index is 0.384. The smallest absolute Gasteiger partial charge is 0.169 e. The van der Waals surface area contributed by atoms with E-state index < -0.39 is 0 Å². The van der Waals surface area contributed by atoms with Crippen molar-refractivity contribution in [1.82, 2.24) is 15.0 Å². The molecule has 0 aliphatic carbocycles. The first-order valence-corrected chi connectivity index (χ1v) is 5.78. The van der Waals surface area contributed by atoms with Crippen LogP contribution < -0.4 is 5.73 Å². The second-order valence-corrected chi connectivity index (χ2v) is 4.38. The van der Waals surface area contributed by atoms with Gasteiger partial charge in [-0.2, -0.15) is 0 Å². The van der Waals surface area contributed by atoms with E-state index in [0.717, 1.165) is 12.2 Å². The van der Waals surface area contributed by atoms with Crippen LogP contribution in [0.2, 0.25) is 0 Å². The van der Waals surface area contributed by atoms with Gasteiger partial charge in [0.05, 0.1) is 5.69 Å². The van der Waals surface area contributed by atoms with Gasteiger partial charge in [0.15, 0.2) is 5.82 Å². The summed E-state index contributed by atoms with van der Waals surface area (Å²) in [5.74, 6) is 1.63. The number of rotatable bonds is 5. The molecule has 1 rings (SSSR count). The molecule has 1 aromatic rings. The lowest BCUT2D eigenvalue weighted by Crippen LogP contribution is -2.14. The van der Waals surface area contributed by atoms with Crippen molar-refractivity contribution in [3.05, 3.63) is 5.69 Å². The molecule has 0 fully saturated rings. The van der Waals surface area contributed by atoms with Gasteiger partial charge in [-0.25, -0.2) is 4.68 Å². The molecule has 4 nitrogen and oxygen atoms in total. The zero-order chi connectivity index (χ0) is 11.4. The minimum Gasteiger partial charge on any atom is -0.381 e. The van der Waals surface area contributed by atoms with Crippen LogP contribution in [-0.2, 0) is 6.54 Å². The van der Waals surface area contributed by atoms with E-state index >= 15 is 0 Å². The van der Waals surface area contributed by atoms with Crippen molar-refractivity contribution in [3.63, 3.8) is 0 Å². The molecule has 0 bridgehead atoms. The van der Waals surface area contributed by atoms with Crippen molar-refractivity contribution in [2.75, 3.05) is 5.73 Å². The van der Waals surface area contributed by atoms with Gasteiger partial charge in [0.1, 0.15) is 0 Å². The summed E-state index contributed by atoms with van der Waals surface area (Å²) in [5, 5.41) is 8.06. The SMILES string of the molecule is CCC(CC)Cn1nnc(N)c1C(C)C. The zero-order valence-electron chi connectivity index (χ0n) is 10.2. The first-order chi connectivity index (χ1) is 7.10. The van der Waals surface area contributed by atoms with Crippen molar-refractivity contribution < 1.29 is 0 Å². The fourth-order valence-corrected chi connectivity index (χ4v) is 1.85. The number of nitrogens with two attached hydrogens (primary N) is 1. The lowest BCUT2D eigenvalue weighted by molar-refractivity contribution is 0.379. The largest absolute Gasteiger partial charge is 0.381 e. The van der Waals surface area contributed by atoms with Crippen LogP contribution in [0.3, 0.4) is 0 Å². The molecule has 0 saturated heterocycles. The molecule has 4 heteroatoms. The molecular weight excluding hydrogens is 188 g/mol. The Balaban J connectivity index is 2.85. The van der Waals surface area contributed by atoms with E-state index in [0.29, 0.717) is 17.7 Å². The van der Waals surface area contributed by atoms with Crippen molar-refractivity contribution >= 4 is 5.82 Å². The Morgan fingerprint density at radius 2 is 1.87 bits per heavy atom.